The van der Waals surface area contributed by atoms with Crippen molar-refractivity contribution in [2.75, 3.05) is 24.9 Å². The monoisotopic (exact) mass is 254 g/mol. The molecule has 0 N–H and O–H groups in total. The van der Waals surface area contributed by atoms with Gasteiger partial charge in [0.1, 0.15) is 9.84 Å². The summed E-state index contributed by atoms with van der Waals surface area (Å²) in [4.78, 5) is 10.9. The van der Waals surface area contributed by atoms with Gasteiger partial charge in [0.15, 0.2) is 0 Å². The van der Waals surface area contributed by atoms with E-state index in [0.29, 0.717) is 12.8 Å². The van der Waals surface area contributed by atoms with Gasteiger partial charge < -0.3 is 4.74 Å². The second-order valence-corrected chi connectivity index (χ2v) is 7.25. The predicted molar refractivity (Wildman–Crippen MR) is 62.9 cm³/mol. The minimum absolute atomic E-state index is 0.178. The summed E-state index contributed by atoms with van der Waals surface area (Å²) in [6.07, 6.45) is 2.24. The summed E-state index contributed by atoms with van der Waals surface area (Å²) in [5.74, 6) is 0.744. The van der Waals surface area contributed by atoms with Gasteiger partial charge in [0.2, 0.25) is 0 Å². The van der Waals surface area contributed by atoms with E-state index in [-0.39, 0.29) is 17.0 Å². The molecule has 0 aromatic heterocycles. The van der Waals surface area contributed by atoms with E-state index in [1.807, 2.05) is 6.92 Å². The first kappa shape index (κ1) is 14.8. The minimum atomic E-state index is -2.85. The summed E-state index contributed by atoms with van der Waals surface area (Å²) in [7, 11) is -1.49. The van der Waals surface area contributed by atoms with Crippen LogP contribution in [-0.2, 0) is 19.4 Å². The van der Waals surface area contributed by atoms with E-state index in [2.05, 4.69) is 4.74 Å². The number of carbonyl (C=O) groups is 1. The van der Waals surface area contributed by atoms with Gasteiger partial charge in [0, 0.05) is 11.5 Å². The molecule has 0 bridgehead atoms. The molecule has 15 heavy (non-hydrogen) atoms. The molecule has 4 nitrogen and oxygen atoms in total. The molecule has 0 aliphatic carbocycles. The van der Waals surface area contributed by atoms with E-state index < -0.39 is 9.84 Å². The van der Waals surface area contributed by atoms with Gasteiger partial charge in [0.25, 0.3) is 0 Å². The summed E-state index contributed by atoms with van der Waals surface area (Å²) in [6, 6.07) is 0. The zero-order chi connectivity index (χ0) is 11.9. The van der Waals surface area contributed by atoms with Gasteiger partial charge in [-0.2, -0.15) is 11.8 Å². The van der Waals surface area contributed by atoms with E-state index in [9.17, 15) is 13.2 Å². The third-order valence-electron chi connectivity index (χ3n) is 1.74. The van der Waals surface area contributed by atoms with Crippen LogP contribution in [-0.4, -0.2) is 44.5 Å². The third-order valence-corrected chi connectivity index (χ3v) is 4.03. The molecule has 90 valence electrons. The van der Waals surface area contributed by atoms with Crippen molar-refractivity contribution in [3.8, 4) is 0 Å². The Bertz CT molecular complexity index is 284. The topological polar surface area (TPSA) is 60.4 Å². The smallest absolute Gasteiger partial charge is 0.306 e. The SMILES string of the molecule is COC(=O)CC(C)SCCCS(C)(=O)=O. The summed E-state index contributed by atoms with van der Waals surface area (Å²) >= 11 is 1.60. The number of carbonyl (C=O) groups excluding carboxylic acids is 1. The van der Waals surface area contributed by atoms with Crippen LogP contribution in [0.2, 0.25) is 0 Å². The molecule has 0 radical (unpaired) electrons. The van der Waals surface area contributed by atoms with E-state index in [1.165, 1.54) is 13.4 Å². The summed E-state index contributed by atoms with van der Waals surface area (Å²) in [6.45, 7) is 1.93. The first-order valence-electron chi connectivity index (χ1n) is 4.71. The lowest BCUT2D eigenvalue weighted by atomic mass is 10.3. The van der Waals surface area contributed by atoms with Crippen LogP contribution in [0.3, 0.4) is 0 Å². The summed E-state index contributed by atoms with van der Waals surface area (Å²) in [5.41, 5.74) is 0. The highest BCUT2D eigenvalue weighted by Crippen LogP contribution is 2.15. The molecule has 0 rings (SSSR count). The van der Waals surface area contributed by atoms with Crippen molar-refractivity contribution in [3.63, 3.8) is 0 Å². The molecule has 1 unspecified atom stereocenters. The van der Waals surface area contributed by atoms with Crippen molar-refractivity contribution in [2.45, 2.75) is 25.0 Å². The van der Waals surface area contributed by atoms with Gasteiger partial charge in [-0.3, -0.25) is 4.79 Å². The Hall–Kier alpha value is -0.230. The van der Waals surface area contributed by atoms with Gasteiger partial charge in [-0.05, 0) is 12.2 Å². The first-order chi connectivity index (χ1) is 6.85. The maximum absolute atomic E-state index is 10.9. The molecular weight excluding hydrogens is 236 g/mol. The fourth-order valence-electron chi connectivity index (χ4n) is 0.983. The molecular formula is C9H18O4S2. The Morgan fingerprint density at radius 1 is 1.47 bits per heavy atom. The quantitative estimate of drug-likeness (QED) is 0.503. The van der Waals surface area contributed by atoms with Crippen LogP contribution in [0.4, 0.5) is 0 Å². The van der Waals surface area contributed by atoms with E-state index in [4.69, 9.17) is 0 Å². The highest BCUT2D eigenvalue weighted by molar-refractivity contribution is 7.99. The number of sulfone groups is 1. The standard InChI is InChI=1S/C9H18O4S2/c1-8(7-9(10)13-2)14-5-4-6-15(3,11)12/h8H,4-7H2,1-3H3. The van der Waals surface area contributed by atoms with Crippen molar-refractivity contribution in [1.29, 1.82) is 0 Å². The fourth-order valence-corrected chi connectivity index (χ4v) is 2.80. The average molecular weight is 254 g/mol. The molecule has 6 heteroatoms. The molecule has 0 aromatic rings. The second-order valence-electron chi connectivity index (χ2n) is 3.45. The molecule has 0 saturated carbocycles. The molecule has 0 amide bonds. The number of hydrogen-bond donors (Lipinski definition) is 0. The highest BCUT2D eigenvalue weighted by atomic mass is 32.2. The normalized spacial score (nSPS) is 13.5. The lowest BCUT2D eigenvalue weighted by Gasteiger charge is -2.08. The van der Waals surface area contributed by atoms with Crippen molar-refractivity contribution < 1.29 is 17.9 Å². The number of rotatable bonds is 7. The second kappa shape index (κ2) is 7.11. The zero-order valence-corrected chi connectivity index (χ0v) is 11.0. The Morgan fingerprint density at radius 3 is 2.53 bits per heavy atom. The Morgan fingerprint density at radius 2 is 2.07 bits per heavy atom. The first-order valence-corrected chi connectivity index (χ1v) is 7.82. The van der Waals surface area contributed by atoms with Crippen molar-refractivity contribution in [2.24, 2.45) is 0 Å². The van der Waals surface area contributed by atoms with Crippen molar-refractivity contribution >= 4 is 27.6 Å². The van der Waals surface area contributed by atoms with Gasteiger partial charge in [0.05, 0.1) is 19.3 Å². The molecule has 0 spiro atoms. The van der Waals surface area contributed by atoms with Crippen LogP contribution < -0.4 is 0 Å². The van der Waals surface area contributed by atoms with Crippen LogP contribution in [0.5, 0.6) is 0 Å². The van der Waals surface area contributed by atoms with Crippen LogP contribution in [0, 0.1) is 0 Å². The van der Waals surface area contributed by atoms with E-state index in [1.54, 1.807) is 11.8 Å². The van der Waals surface area contributed by atoms with Gasteiger partial charge >= 0.3 is 5.97 Å². The van der Waals surface area contributed by atoms with Gasteiger partial charge in [-0.1, -0.05) is 6.92 Å². The lowest BCUT2D eigenvalue weighted by molar-refractivity contribution is -0.140. The van der Waals surface area contributed by atoms with Crippen LogP contribution in [0.25, 0.3) is 0 Å². The Balaban J connectivity index is 3.56. The van der Waals surface area contributed by atoms with Crippen LogP contribution >= 0.6 is 11.8 Å². The molecule has 0 aliphatic rings. The molecule has 0 saturated heterocycles. The molecule has 1 atom stereocenters. The van der Waals surface area contributed by atoms with Crippen molar-refractivity contribution in [3.05, 3.63) is 0 Å². The largest absolute Gasteiger partial charge is 0.469 e. The number of ether oxygens (including phenoxy) is 1. The van der Waals surface area contributed by atoms with Gasteiger partial charge in [-0.25, -0.2) is 8.42 Å². The number of thioether (sulfide) groups is 1. The zero-order valence-electron chi connectivity index (χ0n) is 9.36. The number of esters is 1. The lowest BCUT2D eigenvalue weighted by Crippen LogP contribution is -2.10. The van der Waals surface area contributed by atoms with Crippen LogP contribution in [0.15, 0.2) is 0 Å². The maximum atomic E-state index is 10.9. The maximum Gasteiger partial charge on any atom is 0.306 e. The van der Waals surface area contributed by atoms with Crippen molar-refractivity contribution in [1.82, 2.24) is 0 Å². The molecule has 0 aromatic carbocycles. The fraction of sp³-hybridized carbons (Fsp3) is 0.889. The number of methoxy groups -OCH3 is 1. The number of hydrogen-bond acceptors (Lipinski definition) is 5. The summed E-state index contributed by atoms with van der Waals surface area (Å²) < 4.78 is 26.2. The molecule has 0 heterocycles. The summed E-state index contributed by atoms with van der Waals surface area (Å²) in [5, 5.41) is 0.178. The van der Waals surface area contributed by atoms with Gasteiger partial charge in [-0.15, -0.1) is 0 Å². The van der Waals surface area contributed by atoms with E-state index in [0.717, 1.165) is 5.75 Å². The minimum Gasteiger partial charge on any atom is -0.469 e. The predicted octanol–water partition coefficient (Wildman–Crippen LogP) is 1.11. The highest BCUT2D eigenvalue weighted by Gasteiger charge is 2.09. The molecule has 0 aliphatic heterocycles. The Kier molecular flexibility index (Phi) is 7.00. The average Bonchev–Trinajstić information content (AvgIpc) is 2.11. The van der Waals surface area contributed by atoms with Crippen LogP contribution in [0.1, 0.15) is 19.8 Å². The Labute approximate surface area is 95.7 Å². The molecule has 0 fully saturated rings. The van der Waals surface area contributed by atoms with E-state index >= 15 is 0 Å². The third kappa shape index (κ3) is 10.1.